The number of fused-ring (bicyclic) bond motifs is 1. The van der Waals surface area contributed by atoms with Crippen LogP contribution in [0.4, 0.5) is 0 Å². The number of halogens is 1. The van der Waals surface area contributed by atoms with E-state index in [1.54, 1.807) is 17.8 Å². The van der Waals surface area contributed by atoms with Crippen molar-refractivity contribution in [1.82, 2.24) is 0 Å². The Hall–Kier alpha value is -0.670. The van der Waals surface area contributed by atoms with Crippen LogP contribution in [-0.2, 0) is 0 Å². The van der Waals surface area contributed by atoms with Gasteiger partial charge in [-0.05, 0) is 18.1 Å². The first-order chi connectivity index (χ1) is 8.08. The van der Waals surface area contributed by atoms with Crippen molar-refractivity contribution >= 4 is 29.1 Å². The molecule has 17 heavy (non-hydrogen) atoms. The smallest absolute Gasteiger partial charge is 0.164 e. The summed E-state index contributed by atoms with van der Waals surface area (Å²) >= 11 is 7.81. The zero-order valence-electron chi connectivity index (χ0n) is 9.96. The van der Waals surface area contributed by atoms with E-state index in [1.165, 1.54) is 0 Å². The van der Waals surface area contributed by atoms with Crippen LogP contribution in [0.25, 0.3) is 0 Å². The Morgan fingerprint density at radius 2 is 2.24 bits per heavy atom. The maximum Gasteiger partial charge on any atom is 0.164 e. The molecule has 0 amide bonds. The lowest BCUT2D eigenvalue weighted by Crippen LogP contribution is -2.10. The van der Waals surface area contributed by atoms with E-state index in [0.29, 0.717) is 29.7 Å². The monoisotopic (exact) mass is 270 g/mol. The molecule has 0 aromatic heterocycles. The molecule has 0 saturated heterocycles. The largest absolute Gasteiger partial charge is 0.492 e. The quantitative estimate of drug-likeness (QED) is 0.829. The third-order valence-electron chi connectivity index (χ3n) is 2.49. The first-order valence-corrected chi connectivity index (χ1v) is 7.06. The summed E-state index contributed by atoms with van der Waals surface area (Å²) in [4.78, 5) is 12.7. The number of carbonyl (C=O) groups excluding carboxylic acids is 1. The highest BCUT2D eigenvalue weighted by Gasteiger charge is 2.20. The maximum atomic E-state index is 11.7. The predicted molar refractivity (Wildman–Crippen MR) is 71.5 cm³/mol. The summed E-state index contributed by atoms with van der Waals surface area (Å²) in [5, 5.41) is 0.528. The fourth-order valence-electron chi connectivity index (χ4n) is 1.63. The number of benzene rings is 1. The molecular weight excluding hydrogens is 256 g/mol. The van der Waals surface area contributed by atoms with Crippen molar-refractivity contribution in [1.29, 1.82) is 0 Å². The van der Waals surface area contributed by atoms with Gasteiger partial charge in [0.2, 0.25) is 0 Å². The second kappa shape index (κ2) is 5.32. The van der Waals surface area contributed by atoms with Gasteiger partial charge in [0.05, 0.1) is 11.6 Å². The fraction of sp³-hybridized carbons (Fsp3) is 0.462. The number of hydrogen-bond donors (Lipinski definition) is 0. The van der Waals surface area contributed by atoms with Gasteiger partial charge in [-0.15, -0.1) is 11.8 Å². The minimum Gasteiger partial charge on any atom is -0.492 e. The average Bonchev–Trinajstić information content (AvgIpc) is 2.28. The second-order valence-corrected chi connectivity index (χ2v) is 6.05. The van der Waals surface area contributed by atoms with Crippen molar-refractivity contribution in [2.75, 3.05) is 12.4 Å². The third-order valence-corrected chi connectivity index (χ3v) is 3.85. The first kappa shape index (κ1) is 12.8. The molecule has 1 aromatic rings. The van der Waals surface area contributed by atoms with Gasteiger partial charge in [-0.3, -0.25) is 4.79 Å². The standard InChI is InChI=1S/C13H15ClO2S/c1-8(2)7-16-12-6-13-9(5-10(12)14)11(15)3-4-17-13/h5-6,8H,3-4,7H2,1-2H3. The molecule has 0 bridgehead atoms. The lowest BCUT2D eigenvalue weighted by Gasteiger charge is -2.17. The van der Waals surface area contributed by atoms with Crippen molar-refractivity contribution in [2.24, 2.45) is 5.92 Å². The van der Waals surface area contributed by atoms with Gasteiger partial charge in [0.25, 0.3) is 0 Å². The molecule has 0 unspecified atom stereocenters. The predicted octanol–water partition coefficient (Wildman–Crippen LogP) is 4.05. The third kappa shape index (κ3) is 2.96. The summed E-state index contributed by atoms with van der Waals surface area (Å²) in [7, 11) is 0. The number of ether oxygens (including phenoxy) is 1. The van der Waals surface area contributed by atoms with E-state index in [1.807, 2.05) is 6.07 Å². The van der Waals surface area contributed by atoms with E-state index in [-0.39, 0.29) is 5.78 Å². The highest BCUT2D eigenvalue weighted by Crippen LogP contribution is 2.37. The lowest BCUT2D eigenvalue weighted by atomic mass is 10.1. The van der Waals surface area contributed by atoms with E-state index in [4.69, 9.17) is 16.3 Å². The van der Waals surface area contributed by atoms with E-state index in [9.17, 15) is 4.79 Å². The molecule has 1 heterocycles. The number of carbonyl (C=O) groups is 1. The van der Waals surface area contributed by atoms with Gasteiger partial charge < -0.3 is 4.74 Å². The Kier molecular flexibility index (Phi) is 4.00. The topological polar surface area (TPSA) is 26.3 Å². The molecule has 0 radical (unpaired) electrons. The van der Waals surface area contributed by atoms with Crippen molar-refractivity contribution in [3.8, 4) is 5.75 Å². The number of hydrogen-bond acceptors (Lipinski definition) is 3. The zero-order valence-corrected chi connectivity index (χ0v) is 11.5. The highest BCUT2D eigenvalue weighted by atomic mass is 35.5. The van der Waals surface area contributed by atoms with Crippen molar-refractivity contribution < 1.29 is 9.53 Å². The van der Waals surface area contributed by atoms with Gasteiger partial charge in [-0.1, -0.05) is 25.4 Å². The zero-order chi connectivity index (χ0) is 12.4. The van der Waals surface area contributed by atoms with Crippen molar-refractivity contribution in [3.05, 3.63) is 22.7 Å². The number of ketones is 1. The van der Waals surface area contributed by atoms with Crippen LogP contribution in [0, 0.1) is 5.92 Å². The van der Waals surface area contributed by atoms with E-state index >= 15 is 0 Å². The molecule has 1 aliphatic heterocycles. The van der Waals surface area contributed by atoms with Crippen LogP contribution in [0.15, 0.2) is 17.0 Å². The highest BCUT2D eigenvalue weighted by molar-refractivity contribution is 7.99. The average molecular weight is 271 g/mol. The molecule has 1 aromatic carbocycles. The summed E-state index contributed by atoms with van der Waals surface area (Å²) in [6.45, 7) is 4.81. The van der Waals surface area contributed by atoms with Crippen LogP contribution in [0.3, 0.4) is 0 Å². The van der Waals surface area contributed by atoms with Crippen molar-refractivity contribution in [3.63, 3.8) is 0 Å². The molecule has 0 atom stereocenters. The van der Waals surface area contributed by atoms with Crippen LogP contribution in [0.1, 0.15) is 30.6 Å². The van der Waals surface area contributed by atoms with Crippen molar-refractivity contribution in [2.45, 2.75) is 25.2 Å². The number of Topliss-reactive ketones (excluding diaryl/α,β-unsaturated/α-hetero) is 1. The molecule has 4 heteroatoms. The van der Waals surface area contributed by atoms with Gasteiger partial charge >= 0.3 is 0 Å². The maximum absolute atomic E-state index is 11.7. The summed E-state index contributed by atoms with van der Waals surface area (Å²) in [6, 6.07) is 3.63. The molecule has 0 N–H and O–H groups in total. The Labute approximate surface area is 111 Å². The second-order valence-electron chi connectivity index (χ2n) is 4.51. The normalized spacial score (nSPS) is 14.9. The SMILES string of the molecule is CC(C)COc1cc2c(cc1Cl)C(=O)CCS2. The van der Waals surface area contributed by atoms with Gasteiger partial charge in [0, 0.05) is 22.6 Å². The van der Waals surface area contributed by atoms with E-state index in [2.05, 4.69) is 13.8 Å². The molecule has 0 aliphatic carbocycles. The molecule has 2 rings (SSSR count). The molecule has 0 spiro atoms. The van der Waals surface area contributed by atoms with Crippen LogP contribution in [0.2, 0.25) is 5.02 Å². The van der Waals surface area contributed by atoms with Gasteiger partial charge in [-0.25, -0.2) is 0 Å². The summed E-state index contributed by atoms with van der Waals surface area (Å²) in [6.07, 6.45) is 0.597. The Morgan fingerprint density at radius 3 is 2.94 bits per heavy atom. The Morgan fingerprint density at radius 1 is 1.47 bits per heavy atom. The summed E-state index contributed by atoms with van der Waals surface area (Å²) < 4.78 is 5.64. The molecule has 2 nitrogen and oxygen atoms in total. The van der Waals surface area contributed by atoms with Gasteiger partial charge in [0.15, 0.2) is 5.78 Å². The Bertz CT molecular complexity index is 443. The fourth-order valence-corrected chi connectivity index (χ4v) is 2.87. The molecular formula is C13H15ClO2S. The number of rotatable bonds is 3. The van der Waals surface area contributed by atoms with E-state index < -0.39 is 0 Å². The molecule has 0 fully saturated rings. The van der Waals surface area contributed by atoms with Gasteiger partial charge in [0.1, 0.15) is 5.75 Å². The molecule has 0 saturated carbocycles. The van der Waals surface area contributed by atoms with Crippen LogP contribution in [0.5, 0.6) is 5.75 Å². The molecule has 92 valence electrons. The minimum atomic E-state index is 0.177. The van der Waals surface area contributed by atoms with E-state index in [0.717, 1.165) is 16.2 Å². The lowest BCUT2D eigenvalue weighted by molar-refractivity contribution is 0.0984. The summed E-state index contributed by atoms with van der Waals surface area (Å²) in [5.74, 6) is 2.16. The van der Waals surface area contributed by atoms with Crippen LogP contribution in [-0.4, -0.2) is 18.1 Å². The minimum absolute atomic E-state index is 0.177. The first-order valence-electron chi connectivity index (χ1n) is 5.70. The summed E-state index contributed by atoms with van der Waals surface area (Å²) in [5.41, 5.74) is 0.739. The van der Waals surface area contributed by atoms with Crippen LogP contribution < -0.4 is 4.74 Å². The van der Waals surface area contributed by atoms with Crippen LogP contribution >= 0.6 is 23.4 Å². The molecule has 1 aliphatic rings. The Balaban J connectivity index is 2.27. The van der Waals surface area contributed by atoms with Gasteiger partial charge in [-0.2, -0.15) is 0 Å². The number of thioether (sulfide) groups is 1.